The maximum absolute atomic E-state index is 13.5. The lowest BCUT2D eigenvalue weighted by molar-refractivity contribution is -0.112. The van der Waals surface area contributed by atoms with Gasteiger partial charge in [0.25, 0.3) is 5.91 Å². The Morgan fingerprint density at radius 1 is 1.14 bits per heavy atom. The number of nitrogens with zero attached hydrogens (tertiary/aromatic N) is 2. The summed E-state index contributed by atoms with van der Waals surface area (Å²) in [4.78, 5) is 27.4. The fourth-order valence-electron chi connectivity index (χ4n) is 4.37. The Kier molecular flexibility index (Phi) is 6.86. The molecule has 1 heterocycles. The van der Waals surface area contributed by atoms with Gasteiger partial charge in [0, 0.05) is 21.2 Å². The number of rotatable bonds is 4. The van der Waals surface area contributed by atoms with E-state index in [0.29, 0.717) is 32.6 Å². The standard InChI is InChI=1S/C27H26Cl2N2O4/c1-26(2,3)35-25(33)31-22-14-19(29)6-8-20(22)21(24(31)32)13-17-12-18(28)7-9-23(17)34-16-27(15-30)10-4-5-11-27/h6-9,12-14H,4-5,10-11,16H2,1-3H3/b21-13-. The van der Waals surface area contributed by atoms with Crippen LogP contribution in [0, 0.1) is 16.7 Å². The molecule has 0 saturated heterocycles. The summed E-state index contributed by atoms with van der Waals surface area (Å²) in [5.41, 5.74) is 0.448. The van der Waals surface area contributed by atoms with Crippen LogP contribution >= 0.6 is 23.2 Å². The number of hydrogen-bond donors (Lipinski definition) is 0. The fraction of sp³-hybridized carbons (Fsp3) is 0.370. The predicted octanol–water partition coefficient (Wildman–Crippen LogP) is 7.28. The third kappa shape index (κ3) is 5.32. The molecule has 2 amide bonds. The van der Waals surface area contributed by atoms with Crippen LogP contribution in [0.4, 0.5) is 10.5 Å². The van der Waals surface area contributed by atoms with E-state index in [1.54, 1.807) is 63.2 Å². The molecule has 2 aromatic rings. The molecule has 0 unspecified atom stereocenters. The van der Waals surface area contributed by atoms with Crippen molar-refractivity contribution in [2.75, 3.05) is 11.5 Å². The fourth-order valence-corrected chi connectivity index (χ4v) is 4.71. The second kappa shape index (κ2) is 9.56. The van der Waals surface area contributed by atoms with E-state index in [0.717, 1.165) is 30.6 Å². The molecule has 0 radical (unpaired) electrons. The molecule has 0 spiro atoms. The number of hydrogen-bond acceptors (Lipinski definition) is 5. The third-order valence-electron chi connectivity index (χ3n) is 6.07. The molecule has 182 valence electrons. The van der Waals surface area contributed by atoms with Crippen molar-refractivity contribution in [3.63, 3.8) is 0 Å². The number of benzene rings is 2. The van der Waals surface area contributed by atoms with Crippen molar-refractivity contribution >= 4 is 52.5 Å². The Morgan fingerprint density at radius 3 is 2.46 bits per heavy atom. The minimum absolute atomic E-state index is 0.255. The first-order valence-corrected chi connectivity index (χ1v) is 12.2. The van der Waals surface area contributed by atoms with Gasteiger partial charge in [-0.25, -0.2) is 9.69 Å². The van der Waals surface area contributed by atoms with Crippen LogP contribution in [0.1, 0.15) is 57.6 Å². The highest BCUT2D eigenvalue weighted by molar-refractivity contribution is 6.42. The second-order valence-corrected chi connectivity index (χ2v) is 10.8. The summed E-state index contributed by atoms with van der Waals surface area (Å²) in [6, 6.07) is 12.5. The molecule has 2 aliphatic rings. The summed E-state index contributed by atoms with van der Waals surface area (Å²) in [6.45, 7) is 5.45. The number of carbonyl (C=O) groups excluding carboxylic acids is 2. The Bertz CT molecular complexity index is 1250. The number of ether oxygens (including phenoxy) is 2. The Balaban J connectivity index is 1.73. The van der Waals surface area contributed by atoms with Crippen LogP contribution in [0.5, 0.6) is 5.75 Å². The molecular formula is C27H26Cl2N2O4. The Hall–Kier alpha value is -3.01. The zero-order chi connectivity index (χ0) is 25.4. The Morgan fingerprint density at radius 2 is 1.80 bits per heavy atom. The summed E-state index contributed by atoms with van der Waals surface area (Å²) >= 11 is 12.5. The molecule has 0 bridgehead atoms. The van der Waals surface area contributed by atoms with Gasteiger partial charge < -0.3 is 9.47 Å². The van der Waals surface area contributed by atoms with E-state index in [1.165, 1.54) is 0 Å². The lowest BCUT2D eigenvalue weighted by atomic mass is 9.89. The van der Waals surface area contributed by atoms with E-state index in [9.17, 15) is 14.9 Å². The molecule has 1 fully saturated rings. The normalized spacial score (nSPS) is 17.9. The molecule has 0 atom stereocenters. The van der Waals surface area contributed by atoms with E-state index in [1.807, 2.05) is 0 Å². The summed E-state index contributed by atoms with van der Waals surface area (Å²) in [7, 11) is 0. The van der Waals surface area contributed by atoms with Crippen molar-refractivity contribution in [2.24, 2.45) is 5.41 Å². The molecule has 0 aromatic heterocycles. The summed E-state index contributed by atoms with van der Waals surface area (Å²) in [5.74, 6) is -0.0332. The molecule has 0 N–H and O–H groups in total. The van der Waals surface area contributed by atoms with Gasteiger partial charge in [-0.1, -0.05) is 42.1 Å². The SMILES string of the molecule is CC(C)(C)OC(=O)N1C(=O)/C(=C\c2cc(Cl)ccc2OCC2(C#N)CCCC2)c2ccc(Cl)cc21. The van der Waals surface area contributed by atoms with Gasteiger partial charge >= 0.3 is 6.09 Å². The van der Waals surface area contributed by atoms with Crippen LogP contribution < -0.4 is 9.64 Å². The zero-order valence-corrected chi connectivity index (χ0v) is 21.4. The summed E-state index contributed by atoms with van der Waals surface area (Å²) in [5, 5.41) is 10.5. The van der Waals surface area contributed by atoms with Gasteiger partial charge in [-0.05, 0) is 70.0 Å². The number of halogens is 2. The maximum Gasteiger partial charge on any atom is 0.422 e. The van der Waals surface area contributed by atoms with E-state index in [2.05, 4.69) is 6.07 Å². The summed E-state index contributed by atoms with van der Waals surface area (Å²) in [6.07, 6.45) is 4.46. The lowest BCUT2D eigenvalue weighted by Gasteiger charge is -2.23. The van der Waals surface area contributed by atoms with Crippen molar-refractivity contribution in [1.29, 1.82) is 5.26 Å². The average Bonchev–Trinajstić information content (AvgIpc) is 3.35. The van der Waals surface area contributed by atoms with Gasteiger partial charge in [0.2, 0.25) is 0 Å². The van der Waals surface area contributed by atoms with Gasteiger partial charge in [-0.2, -0.15) is 5.26 Å². The molecule has 35 heavy (non-hydrogen) atoms. The zero-order valence-electron chi connectivity index (χ0n) is 19.9. The number of anilines is 1. The number of nitriles is 1. The van der Waals surface area contributed by atoms with Crippen LogP contribution in [0.2, 0.25) is 10.0 Å². The number of imide groups is 1. The first-order chi connectivity index (χ1) is 16.5. The molecule has 1 aliphatic carbocycles. The van der Waals surface area contributed by atoms with Crippen LogP contribution in [0.3, 0.4) is 0 Å². The molecular weight excluding hydrogens is 487 g/mol. The van der Waals surface area contributed by atoms with Gasteiger partial charge in [0.05, 0.1) is 22.7 Å². The van der Waals surface area contributed by atoms with Crippen LogP contribution in [-0.4, -0.2) is 24.2 Å². The smallest absolute Gasteiger partial charge is 0.422 e. The molecule has 1 saturated carbocycles. The van der Waals surface area contributed by atoms with Gasteiger partial charge in [0.15, 0.2) is 0 Å². The van der Waals surface area contributed by atoms with E-state index >= 15 is 0 Å². The van der Waals surface area contributed by atoms with Crippen LogP contribution in [0.15, 0.2) is 36.4 Å². The first kappa shape index (κ1) is 25.1. The monoisotopic (exact) mass is 512 g/mol. The third-order valence-corrected chi connectivity index (χ3v) is 6.54. The quantitative estimate of drug-likeness (QED) is 0.402. The van der Waals surface area contributed by atoms with Crippen molar-refractivity contribution < 1.29 is 19.1 Å². The number of amides is 2. The molecule has 2 aromatic carbocycles. The van der Waals surface area contributed by atoms with E-state index < -0.39 is 23.0 Å². The van der Waals surface area contributed by atoms with Crippen molar-refractivity contribution in [1.82, 2.24) is 0 Å². The molecule has 1 aliphatic heterocycles. The maximum atomic E-state index is 13.5. The Labute approximate surface area is 215 Å². The lowest BCUT2D eigenvalue weighted by Crippen LogP contribution is -2.38. The minimum Gasteiger partial charge on any atom is -0.491 e. The van der Waals surface area contributed by atoms with Crippen LogP contribution in [0.25, 0.3) is 11.6 Å². The van der Waals surface area contributed by atoms with E-state index in [4.69, 9.17) is 32.7 Å². The molecule has 6 nitrogen and oxygen atoms in total. The largest absolute Gasteiger partial charge is 0.491 e. The van der Waals surface area contributed by atoms with Gasteiger partial charge in [0.1, 0.15) is 18.0 Å². The number of fused-ring (bicyclic) bond motifs is 1. The molecule has 4 rings (SSSR count). The van der Waals surface area contributed by atoms with Crippen LogP contribution in [-0.2, 0) is 9.53 Å². The summed E-state index contributed by atoms with van der Waals surface area (Å²) < 4.78 is 11.6. The van der Waals surface area contributed by atoms with Crippen molar-refractivity contribution in [3.8, 4) is 11.8 Å². The topological polar surface area (TPSA) is 79.6 Å². The van der Waals surface area contributed by atoms with Gasteiger partial charge in [-0.15, -0.1) is 0 Å². The first-order valence-electron chi connectivity index (χ1n) is 11.4. The highest BCUT2D eigenvalue weighted by atomic mass is 35.5. The minimum atomic E-state index is -0.784. The average molecular weight is 513 g/mol. The molecule has 8 heteroatoms. The highest BCUT2D eigenvalue weighted by Gasteiger charge is 2.40. The second-order valence-electron chi connectivity index (χ2n) is 9.91. The number of carbonyl (C=O) groups is 2. The van der Waals surface area contributed by atoms with Gasteiger partial charge in [-0.3, -0.25) is 4.79 Å². The highest BCUT2D eigenvalue weighted by Crippen LogP contribution is 2.42. The van der Waals surface area contributed by atoms with E-state index in [-0.39, 0.29) is 12.2 Å². The van der Waals surface area contributed by atoms with Crippen molar-refractivity contribution in [3.05, 3.63) is 57.6 Å². The predicted molar refractivity (Wildman–Crippen MR) is 137 cm³/mol. The van der Waals surface area contributed by atoms with Crippen molar-refractivity contribution in [2.45, 2.75) is 52.1 Å².